The van der Waals surface area contributed by atoms with E-state index in [2.05, 4.69) is 52.6 Å². The van der Waals surface area contributed by atoms with Gasteiger partial charge in [-0.2, -0.15) is 0 Å². The highest BCUT2D eigenvalue weighted by Crippen LogP contribution is 1.99. The van der Waals surface area contributed by atoms with Gasteiger partial charge in [-0.1, -0.05) is 222 Å². The minimum absolute atomic E-state index is 1.02. The SMILES string of the molecule is C=CC(=C)C.C=CC=C.C=Cc1ccccc1.C=Cc1ccccc1.C=Cc1ccccc1.C=Cc1ccccc1. The van der Waals surface area contributed by atoms with Crippen molar-refractivity contribution in [3.8, 4) is 0 Å². The minimum Gasteiger partial charge on any atom is -0.0991 e. The molecule has 0 heteroatoms. The van der Waals surface area contributed by atoms with Crippen molar-refractivity contribution >= 4 is 24.3 Å². The Kier molecular flexibility index (Phi) is 27.2. The standard InChI is InChI=1S/4C8H8.C5H8.C4H6/c4*1-2-8-6-4-3-5-7-8;1-4-5(2)3;1-3-4-2/h4*2-7H,1H2;4H,1-2H2,3H3;3-4H,1-2H2. The van der Waals surface area contributed by atoms with Crippen LogP contribution in [-0.4, -0.2) is 0 Å². The largest absolute Gasteiger partial charge is 0.0991 e. The van der Waals surface area contributed by atoms with Gasteiger partial charge in [-0.25, -0.2) is 0 Å². The summed E-state index contributed by atoms with van der Waals surface area (Å²) in [6, 6.07) is 40.1. The molecule has 0 radical (unpaired) electrons. The monoisotopic (exact) mass is 538 g/mol. The van der Waals surface area contributed by atoms with Crippen LogP contribution in [0.1, 0.15) is 29.2 Å². The van der Waals surface area contributed by atoms with Crippen molar-refractivity contribution in [3.05, 3.63) is 220 Å². The van der Waals surface area contributed by atoms with Crippen LogP contribution in [0.25, 0.3) is 24.3 Å². The van der Waals surface area contributed by atoms with Crippen molar-refractivity contribution in [1.82, 2.24) is 0 Å². The Hall–Kier alpha value is -5.20. The van der Waals surface area contributed by atoms with E-state index in [1.165, 1.54) is 22.3 Å². The molecule has 0 aliphatic carbocycles. The molecule has 4 aromatic rings. The quantitative estimate of drug-likeness (QED) is 0.214. The van der Waals surface area contributed by atoms with E-state index >= 15 is 0 Å². The van der Waals surface area contributed by atoms with E-state index in [0.717, 1.165) is 5.57 Å². The molecule has 4 rings (SSSR count). The number of rotatable bonds is 6. The summed E-state index contributed by atoms with van der Waals surface area (Å²) in [6.45, 7) is 30.2. The molecule has 0 aromatic heterocycles. The fraction of sp³-hybridized carbons (Fsp3) is 0.0244. The summed E-state index contributed by atoms with van der Waals surface area (Å²) in [6.07, 6.45) is 12.3. The Bertz CT molecular complexity index is 1050. The second-order valence-corrected chi connectivity index (χ2v) is 7.98. The third-order valence-electron chi connectivity index (χ3n) is 4.66. The normalized spacial score (nSPS) is 7.93. The van der Waals surface area contributed by atoms with Gasteiger partial charge in [-0.3, -0.25) is 0 Å². The molecule has 0 spiro atoms. The predicted octanol–water partition coefficient (Wildman–Crippen LogP) is 12.4. The van der Waals surface area contributed by atoms with Gasteiger partial charge < -0.3 is 0 Å². The van der Waals surface area contributed by atoms with Crippen LogP contribution in [0.4, 0.5) is 0 Å². The van der Waals surface area contributed by atoms with E-state index in [9.17, 15) is 0 Å². The summed E-state index contributed by atoms with van der Waals surface area (Å²) in [5.74, 6) is 0. The minimum atomic E-state index is 1.02. The summed E-state index contributed by atoms with van der Waals surface area (Å²) in [7, 11) is 0. The molecule has 0 atom stereocenters. The van der Waals surface area contributed by atoms with Gasteiger partial charge in [0.1, 0.15) is 0 Å². The van der Waals surface area contributed by atoms with Crippen molar-refractivity contribution < 1.29 is 0 Å². The smallest absolute Gasteiger partial charge is 0.0263 e. The summed E-state index contributed by atoms with van der Waals surface area (Å²) in [5, 5.41) is 0. The third-order valence-corrected chi connectivity index (χ3v) is 4.66. The zero-order chi connectivity index (χ0) is 31.0. The fourth-order valence-corrected chi connectivity index (χ4v) is 2.36. The number of allylic oxidation sites excluding steroid dienone is 4. The van der Waals surface area contributed by atoms with Crippen LogP contribution in [-0.2, 0) is 0 Å². The molecule has 210 valence electrons. The van der Waals surface area contributed by atoms with Crippen LogP contribution < -0.4 is 0 Å². The van der Waals surface area contributed by atoms with Crippen LogP contribution in [0.15, 0.2) is 198 Å². The highest BCUT2D eigenvalue weighted by Gasteiger charge is 1.78. The number of benzene rings is 4. The molecule has 0 aliphatic heterocycles. The topological polar surface area (TPSA) is 0 Å². The first kappa shape index (κ1) is 37.9. The summed E-state index contributed by atoms with van der Waals surface area (Å²) >= 11 is 0. The van der Waals surface area contributed by atoms with E-state index in [1.54, 1.807) is 18.2 Å². The van der Waals surface area contributed by atoms with Crippen molar-refractivity contribution in [2.24, 2.45) is 0 Å². The molecule has 0 amide bonds. The van der Waals surface area contributed by atoms with Gasteiger partial charge in [-0.15, -0.1) is 0 Å². The van der Waals surface area contributed by atoms with Gasteiger partial charge in [0.25, 0.3) is 0 Å². The zero-order valence-corrected chi connectivity index (χ0v) is 24.7. The molecule has 0 bridgehead atoms. The first-order valence-corrected chi connectivity index (χ1v) is 13.1. The Morgan fingerprint density at radius 1 is 0.390 bits per heavy atom. The van der Waals surface area contributed by atoms with Crippen molar-refractivity contribution in [2.75, 3.05) is 0 Å². The van der Waals surface area contributed by atoms with Crippen LogP contribution in [0.3, 0.4) is 0 Å². The maximum Gasteiger partial charge on any atom is -0.0263 e. The first-order valence-electron chi connectivity index (χ1n) is 13.1. The summed E-state index contributed by atoms with van der Waals surface area (Å²) in [4.78, 5) is 0. The summed E-state index contributed by atoms with van der Waals surface area (Å²) in [5.41, 5.74) is 5.71. The molecule has 0 unspecified atom stereocenters. The van der Waals surface area contributed by atoms with Crippen molar-refractivity contribution in [2.45, 2.75) is 6.92 Å². The lowest BCUT2D eigenvalue weighted by Gasteiger charge is -1.85. The fourth-order valence-electron chi connectivity index (χ4n) is 2.36. The van der Waals surface area contributed by atoms with Crippen molar-refractivity contribution in [3.63, 3.8) is 0 Å². The second kappa shape index (κ2) is 29.4. The van der Waals surface area contributed by atoms with E-state index in [1.807, 2.05) is 153 Å². The van der Waals surface area contributed by atoms with Crippen LogP contribution >= 0.6 is 0 Å². The van der Waals surface area contributed by atoms with Crippen LogP contribution in [0.5, 0.6) is 0 Å². The summed E-state index contributed by atoms with van der Waals surface area (Å²) < 4.78 is 0. The third kappa shape index (κ3) is 26.2. The average Bonchev–Trinajstić information content (AvgIpc) is 3.07. The lowest BCUT2D eigenvalue weighted by atomic mass is 10.2. The second-order valence-electron chi connectivity index (χ2n) is 7.98. The van der Waals surface area contributed by atoms with E-state index in [4.69, 9.17) is 0 Å². The predicted molar refractivity (Wildman–Crippen MR) is 192 cm³/mol. The van der Waals surface area contributed by atoms with Gasteiger partial charge >= 0.3 is 0 Å². The van der Waals surface area contributed by atoms with Crippen LogP contribution in [0.2, 0.25) is 0 Å². The molecule has 0 fully saturated rings. The van der Waals surface area contributed by atoms with E-state index in [0.29, 0.717) is 0 Å². The molecule has 0 saturated carbocycles. The van der Waals surface area contributed by atoms with Gasteiger partial charge in [0.05, 0.1) is 0 Å². The molecule has 41 heavy (non-hydrogen) atoms. The van der Waals surface area contributed by atoms with Gasteiger partial charge in [-0.05, 0) is 29.2 Å². The molecule has 0 saturated heterocycles. The average molecular weight is 539 g/mol. The van der Waals surface area contributed by atoms with Crippen LogP contribution in [0, 0.1) is 0 Å². The Morgan fingerprint density at radius 2 is 0.561 bits per heavy atom. The molecule has 0 nitrogen and oxygen atoms in total. The van der Waals surface area contributed by atoms with Gasteiger partial charge in [0.2, 0.25) is 0 Å². The number of hydrogen-bond donors (Lipinski definition) is 0. The first-order chi connectivity index (χ1) is 19.9. The van der Waals surface area contributed by atoms with Crippen molar-refractivity contribution in [1.29, 1.82) is 0 Å². The Labute approximate surface area is 250 Å². The molecular formula is C41H46. The highest BCUT2D eigenvalue weighted by molar-refractivity contribution is 5.47. The van der Waals surface area contributed by atoms with E-state index < -0.39 is 0 Å². The molecule has 0 heterocycles. The molecule has 0 N–H and O–H groups in total. The maximum atomic E-state index is 3.63. The highest BCUT2D eigenvalue weighted by atomic mass is 13.8. The molecule has 4 aromatic carbocycles. The lowest BCUT2D eigenvalue weighted by molar-refractivity contribution is 1.58. The molecular weight excluding hydrogens is 492 g/mol. The molecule has 0 aliphatic rings. The lowest BCUT2D eigenvalue weighted by Crippen LogP contribution is -1.63. The number of hydrogen-bond acceptors (Lipinski definition) is 0. The zero-order valence-electron chi connectivity index (χ0n) is 24.7. The Balaban J connectivity index is 0. The van der Waals surface area contributed by atoms with Gasteiger partial charge in [0.15, 0.2) is 0 Å². The van der Waals surface area contributed by atoms with E-state index in [-0.39, 0.29) is 0 Å². The Morgan fingerprint density at radius 3 is 0.634 bits per heavy atom. The maximum absolute atomic E-state index is 3.63. The van der Waals surface area contributed by atoms with Gasteiger partial charge in [0, 0.05) is 0 Å².